The molecule has 0 saturated carbocycles. The largest absolute Gasteiger partial charge is 0.466 e. The van der Waals surface area contributed by atoms with Crippen molar-refractivity contribution in [3.05, 3.63) is 36.5 Å². The third-order valence-corrected chi connectivity index (χ3v) is 3.90. The van der Waals surface area contributed by atoms with Gasteiger partial charge in [0.1, 0.15) is 0 Å². The normalized spacial score (nSPS) is 11.6. The topological polar surface area (TPSA) is 80.3 Å². The van der Waals surface area contributed by atoms with Crippen molar-refractivity contribution >= 4 is 28.5 Å². The number of anilines is 1. The maximum Gasteiger partial charge on any atom is 0.321 e. The average Bonchev–Trinajstić information content (AvgIpc) is 2.96. The Morgan fingerprint density at radius 3 is 2.74 bits per heavy atom. The molecule has 0 fully saturated rings. The summed E-state index contributed by atoms with van der Waals surface area (Å²) in [5.41, 5.74) is 1.05. The molecule has 2 aromatic rings. The summed E-state index contributed by atoms with van der Waals surface area (Å²) < 4.78 is 4.84. The number of ether oxygens (including phenoxy) is 1. The van der Waals surface area contributed by atoms with Gasteiger partial charge in [0.2, 0.25) is 0 Å². The molecule has 0 unspecified atom stereocenters. The van der Waals surface area contributed by atoms with Crippen molar-refractivity contribution in [1.82, 2.24) is 10.3 Å². The number of carbonyl (C=O) groups is 2. The molecule has 1 aromatic heterocycles. The van der Waals surface area contributed by atoms with Crippen LogP contribution in [-0.2, 0) is 9.53 Å². The van der Waals surface area contributed by atoms with Crippen molar-refractivity contribution in [2.24, 2.45) is 0 Å². The van der Waals surface area contributed by atoms with Gasteiger partial charge in [-0.3, -0.25) is 10.1 Å². The van der Waals surface area contributed by atoms with E-state index < -0.39 is 6.03 Å². The van der Waals surface area contributed by atoms with Crippen LogP contribution in [0.3, 0.4) is 0 Å². The van der Waals surface area contributed by atoms with Crippen molar-refractivity contribution in [3.8, 4) is 10.4 Å². The predicted octanol–water partition coefficient (Wildman–Crippen LogP) is 3.27. The van der Waals surface area contributed by atoms with Crippen LogP contribution in [0.25, 0.3) is 10.4 Å². The van der Waals surface area contributed by atoms with Gasteiger partial charge in [0.25, 0.3) is 0 Å². The summed E-state index contributed by atoms with van der Waals surface area (Å²) in [5.74, 6) is -0.332. The molecule has 2 amide bonds. The number of nitrogens with zero attached hydrogens (tertiary/aromatic N) is 1. The third kappa shape index (κ3) is 5.37. The Bertz CT molecular complexity index is 658. The first kappa shape index (κ1) is 17.0. The molecule has 122 valence electrons. The van der Waals surface area contributed by atoms with E-state index >= 15 is 0 Å². The molecule has 0 spiro atoms. The second-order valence-electron chi connectivity index (χ2n) is 4.90. The second kappa shape index (κ2) is 8.28. The lowest BCUT2D eigenvalue weighted by atomic mass is 10.2. The highest BCUT2D eigenvalue weighted by Crippen LogP contribution is 2.28. The maximum atomic E-state index is 11.9. The molecule has 1 atom stereocenters. The number of nitrogens with one attached hydrogen (secondary N) is 2. The zero-order valence-electron chi connectivity index (χ0n) is 13.0. The molecule has 2 rings (SSSR count). The van der Waals surface area contributed by atoms with E-state index in [1.807, 2.05) is 30.3 Å². The monoisotopic (exact) mass is 333 g/mol. The summed E-state index contributed by atoms with van der Waals surface area (Å²) in [7, 11) is 0. The van der Waals surface area contributed by atoms with Crippen LogP contribution >= 0.6 is 11.3 Å². The molecule has 2 N–H and O–H groups in total. The van der Waals surface area contributed by atoms with E-state index in [1.54, 1.807) is 20.0 Å². The minimum Gasteiger partial charge on any atom is -0.466 e. The van der Waals surface area contributed by atoms with Gasteiger partial charge in [0.05, 0.1) is 17.9 Å². The minimum atomic E-state index is -0.393. The molecule has 7 heteroatoms. The van der Waals surface area contributed by atoms with Crippen LogP contribution in [0, 0.1) is 0 Å². The molecular weight excluding hydrogens is 314 g/mol. The smallest absolute Gasteiger partial charge is 0.321 e. The quantitative estimate of drug-likeness (QED) is 0.795. The number of benzene rings is 1. The lowest BCUT2D eigenvalue weighted by Gasteiger charge is -2.12. The maximum absolute atomic E-state index is 11.9. The van der Waals surface area contributed by atoms with Crippen molar-refractivity contribution in [2.75, 3.05) is 11.9 Å². The van der Waals surface area contributed by atoms with Gasteiger partial charge in [-0.15, -0.1) is 0 Å². The molecule has 0 aliphatic heterocycles. The van der Waals surface area contributed by atoms with Gasteiger partial charge in [0.15, 0.2) is 5.13 Å². The van der Waals surface area contributed by atoms with Gasteiger partial charge in [0, 0.05) is 12.2 Å². The number of esters is 1. The lowest BCUT2D eigenvalue weighted by Crippen LogP contribution is -2.37. The molecule has 1 heterocycles. The molecule has 1 aromatic carbocycles. The molecule has 0 saturated heterocycles. The number of hydrogen-bond donors (Lipinski definition) is 2. The van der Waals surface area contributed by atoms with E-state index in [0.717, 1.165) is 10.4 Å². The van der Waals surface area contributed by atoms with E-state index in [0.29, 0.717) is 11.7 Å². The van der Waals surface area contributed by atoms with Crippen LogP contribution in [0.4, 0.5) is 9.93 Å². The Kier molecular flexibility index (Phi) is 6.10. The fourth-order valence-electron chi connectivity index (χ4n) is 1.95. The van der Waals surface area contributed by atoms with Gasteiger partial charge >= 0.3 is 12.0 Å². The standard InChI is InChI=1S/C16H19N3O3S/c1-3-22-14(20)9-11(2)18-15(21)19-16-17-10-13(23-16)12-7-5-4-6-8-12/h4-8,10-11H,3,9H2,1-2H3,(H2,17,18,19,21)/t11-/m0/s1. The summed E-state index contributed by atoms with van der Waals surface area (Å²) in [6.45, 7) is 3.82. The number of urea groups is 1. The summed E-state index contributed by atoms with van der Waals surface area (Å²) in [5, 5.41) is 5.86. The average molecular weight is 333 g/mol. The van der Waals surface area contributed by atoms with Crippen molar-refractivity contribution in [3.63, 3.8) is 0 Å². The van der Waals surface area contributed by atoms with E-state index in [2.05, 4.69) is 15.6 Å². The van der Waals surface area contributed by atoms with Gasteiger partial charge in [-0.1, -0.05) is 41.7 Å². The van der Waals surface area contributed by atoms with Crippen molar-refractivity contribution in [2.45, 2.75) is 26.3 Å². The Hall–Kier alpha value is -2.41. The van der Waals surface area contributed by atoms with Crippen LogP contribution < -0.4 is 10.6 Å². The van der Waals surface area contributed by atoms with Crippen LogP contribution in [0.2, 0.25) is 0 Å². The SMILES string of the molecule is CCOC(=O)C[C@H](C)NC(=O)Nc1ncc(-c2ccccc2)s1. The van der Waals surface area contributed by atoms with E-state index in [1.165, 1.54) is 11.3 Å². The number of aromatic nitrogens is 1. The first-order valence-corrected chi connectivity index (χ1v) is 8.14. The van der Waals surface area contributed by atoms with Gasteiger partial charge < -0.3 is 10.1 Å². The zero-order valence-corrected chi connectivity index (χ0v) is 13.9. The van der Waals surface area contributed by atoms with Crippen LogP contribution in [0.15, 0.2) is 36.5 Å². The Morgan fingerprint density at radius 1 is 1.30 bits per heavy atom. The van der Waals surface area contributed by atoms with Gasteiger partial charge in [-0.2, -0.15) is 0 Å². The number of amides is 2. The fraction of sp³-hybridized carbons (Fsp3) is 0.312. The summed E-state index contributed by atoms with van der Waals surface area (Å²) in [4.78, 5) is 28.4. The molecular formula is C16H19N3O3S. The second-order valence-corrected chi connectivity index (χ2v) is 5.93. The molecule has 0 bridgehead atoms. The van der Waals surface area contributed by atoms with Crippen LogP contribution in [0.1, 0.15) is 20.3 Å². The first-order chi connectivity index (χ1) is 11.1. The summed E-state index contributed by atoms with van der Waals surface area (Å²) in [6, 6.07) is 9.11. The molecule has 23 heavy (non-hydrogen) atoms. The van der Waals surface area contributed by atoms with Crippen molar-refractivity contribution in [1.29, 1.82) is 0 Å². The summed E-state index contributed by atoms with van der Waals surface area (Å²) in [6.07, 6.45) is 1.85. The zero-order chi connectivity index (χ0) is 16.7. The number of thiazole rings is 1. The highest BCUT2D eigenvalue weighted by atomic mass is 32.1. The van der Waals surface area contributed by atoms with Crippen LogP contribution in [-0.4, -0.2) is 29.6 Å². The van der Waals surface area contributed by atoms with Gasteiger partial charge in [-0.25, -0.2) is 9.78 Å². The van der Waals surface area contributed by atoms with E-state index in [4.69, 9.17) is 4.74 Å². The number of carbonyl (C=O) groups excluding carboxylic acids is 2. The highest BCUT2D eigenvalue weighted by Gasteiger charge is 2.14. The number of rotatable bonds is 6. The van der Waals surface area contributed by atoms with Crippen molar-refractivity contribution < 1.29 is 14.3 Å². The Morgan fingerprint density at radius 2 is 2.04 bits per heavy atom. The van der Waals surface area contributed by atoms with E-state index in [9.17, 15) is 9.59 Å². The molecule has 0 radical (unpaired) electrons. The lowest BCUT2D eigenvalue weighted by molar-refractivity contribution is -0.143. The highest BCUT2D eigenvalue weighted by molar-refractivity contribution is 7.19. The predicted molar refractivity (Wildman–Crippen MR) is 90.4 cm³/mol. The molecule has 0 aliphatic rings. The molecule has 6 nitrogen and oxygen atoms in total. The molecule has 0 aliphatic carbocycles. The van der Waals surface area contributed by atoms with Gasteiger partial charge in [-0.05, 0) is 19.4 Å². The van der Waals surface area contributed by atoms with E-state index in [-0.39, 0.29) is 18.4 Å². The Balaban J connectivity index is 1.86. The third-order valence-electron chi connectivity index (χ3n) is 2.94. The Labute approximate surface area is 138 Å². The minimum absolute atomic E-state index is 0.133. The number of hydrogen-bond acceptors (Lipinski definition) is 5. The summed E-state index contributed by atoms with van der Waals surface area (Å²) >= 11 is 1.39. The van der Waals surface area contributed by atoms with Crippen LogP contribution in [0.5, 0.6) is 0 Å². The fourth-order valence-corrected chi connectivity index (χ4v) is 2.76. The first-order valence-electron chi connectivity index (χ1n) is 7.33.